The van der Waals surface area contributed by atoms with Crippen LogP contribution in [0.4, 0.5) is 4.79 Å². The Bertz CT molecular complexity index is 1010. The highest BCUT2D eigenvalue weighted by Crippen LogP contribution is 2.44. The van der Waals surface area contributed by atoms with Crippen LogP contribution < -0.4 is 10.6 Å². The fourth-order valence-corrected chi connectivity index (χ4v) is 5.29. The summed E-state index contributed by atoms with van der Waals surface area (Å²) in [6.45, 7) is 2.07. The minimum Gasteiger partial charge on any atom is -0.481 e. The van der Waals surface area contributed by atoms with Crippen LogP contribution in [0.25, 0.3) is 11.1 Å². The van der Waals surface area contributed by atoms with E-state index in [4.69, 9.17) is 9.84 Å². The molecule has 2 aromatic rings. The molecule has 0 unspecified atom stereocenters. The number of carboxylic acids is 1. The highest BCUT2D eigenvalue weighted by atomic mass is 16.5. The highest BCUT2D eigenvalue weighted by Gasteiger charge is 2.40. The summed E-state index contributed by atoms with van der Waals surface area (Å²) in [4.78, 5) is 36.7. The van der Waals surface area contributed by atoms with Crippen molar-refractivity contribution in [3.05, 3.63) is 59.7 Å². The molecule has 1 saturated carbocycles. The normalized spacial score (nSPS) is 17.2. The lowest BCUT2D eigenvalue weighted by Gasteiger charge is -2.36. The monoisotopic (exact) mass is 464 g/mol. The van der Waals surface area contributed by atoms with E-state index in [-0.39, 0.29) is 31.4 Å². The third-order valence-electron chi connectivity index (χ3n) is 7.07. The maximum atomic E-state index is 13.1. The van der Waals surface area contributed by atoms with Crippen molar-refractivity contribution < 1.29 is 24.2 Å². The Morgan fingerprint density at radius 1 is 1.00 bits per heavy atom. The van der Waals surface area contributed by atoms with Gasteiger partial charge in [0.2, 0.25) is 5.91 Å². The van der Waals surface area contributed by atoms with Crippen molar-refractivity contribution in [2.24, 2.45) is 5.41 Å². The molecule has 7 nitrogen and oxygen atoms in total. The Morgan fingerprint density at radius 3 is 2.18 bits per heavy atom. The molecule has 180 valence electrons. The smallest absolute Gasteiger partial charge is 0.407 e. The van der Waals surface area contributed by atoms with E-state index < -0.39 is 23.5 Å². The first-order valence-corrected chi connectivity index (χ1v) is 12.0. The van der Waals surface area contributed by atoms with Crippen molar-refractivity contribution >= 4 is 18.0 Å². The molecule has 0 aromatic heterocycles. The maximum absolute atomic E-state index is 13.1. The second-order valence-electron chi connectivity index (χ2n) is 9.49. The lowest BCUT2D eigenvalue weighted by molar-refractivity contribution is -0.138. The molecule has 0 spiro atoms. The van der Waals surface area contributed by atoms with Crippen LogP contribution in [0.5, 0.6) is 0 Å². The van der Waals surface area contributed by atoms with Crippen molar-refractivity contribution in [3.63, 3.8) is 0 Å². The largest absolute Gasteiger partial charge is 0.481 e. The number of hydrogen-bond acceptors (Lipinski definition) is 4. The fourth-order valence-electron chi connectivity index (χ4n) is 5.29. The summed E-state index contributed by atoms with van der Waals surface area (Å²) in [6.07, 6.45) is 3.47. The van der Waals surface area contributed by atoms with Gasteiger partial charge in [0.25, 0.3) is 0 Å². The van der Waals surface area contributed by atoms with E-state index in [0.717, 1.165) is 30.4 Å². The van der Waals surface area contributed by atoms with E-state index in [1.54, 1.807) is 6.92 Å². The first kappa shape index (κ1) is 23.8. The van der Waals surface area contributed by atoms with Gasteiger partial charge < -0.3 is 20.5 Å². The number of benzene rings is 2. The Hall–Kier alpha value is -3.35. The molecule has 2 aromatic carbocycles. The number of aliphatic carboxylic acids is 1. The number of hydrogen-bond donors (Lipinski definition) is 3. The number of nitrogens with one attached hydrogen (secondary N) is 2. The lowest BCUT2D eigenvalue weighted by atomic mass is 9.73. The fraction of sp³-hybridized carbons (Fsp3) is 0.444. The first-order chi connectivity index (χ1) is 16.4. The quantitative estimate of drug-likeness (QED) is 0.535. The SMILES string of the molecule is C[C@@H](CC(=O)O)NC(=O)C1(CNC(=O)OCC2c3ccccc3-c3ccccc32)CCCCC1. The summed E-state index contributed by atoms with van der Waals surface area (Å²) in [5.74, 6) is -1.18. The molecule has 0 radical (unpaired) electrons. The molecule has 7 heteroatoms. The summed E-state index contributed by atoms with van der Waals surface area (Å²) < 4.78 is 5.63. The topological polar surface area (TPSA) is 105 Å². The van der Waals surface area contributed by atoms with E-state index in [2.05, 4.69) is 34.9 Å². The molecule has 1 fully saturated rings. The number of fused-ring (bicyclic) bond motifs is 3. The molecule has 2 amide bonds. The van der Waals surface area contributed by atoms with Gasteiger partial charge in [0.1, 0.15) is 6.61 Å². The van der Waals surface area contributed by atoms with Gasteiger partial charge in [-0.3, -0.25) is 9.59 Å². The van der Waals surface area contributed by atoms with Crippen LogP contribution in [0.1, 0.15) is 62.5 Å². The lowest BCUT2D eigenvalue weighted by Crippen LogP contribution is -2.51. The molecule has 3 N–H and O–H groups in total. The average molecular weight is 465 g/mol. The van der Waals surface area contributed by atoms with Crippen LogP contribution >= 0.6 is 0 Å². The highest BCUT2D eigenvalue weighted by molar-refractivity contribution is 5.84. The van der Waals surface area contributed by atoms with Gasteiger partial charge in [-0.05, 0) is 42.0 Å². The van der Waals surface area contributed by atoms with Crippen molar-refractivity contribution in [1.29, 1.82) is 0 Å². The predicted molar refractivity (Wildman–Crippen MR) is 128 cm³/mol. The predicted octanol–water partition coefficient (Wildman–Crippen LogP) is 4.46. The average Bonchev–Trinajstić information content (AvgIpc) is 3.15. The third-order valence-corrected chi connectivity index (χ3v) is 7.07. The molecule has 0 aliphatic heterocycles. The molecule has 34 heavy (non-hydrogen) atoms. The van der Waals surface area contributed by atoms with Gasteiger partial charge in [-0.1, -0.05) is 67.8 Å². The van der Waals surface area contributed by atoms with Crippen LogP contribution in [-0.4, -0.2) is 42.3 Å². The van der Waals surface area contributed by atoms with E-state index in [1.165, 1.54) is 11.1 Å². The van der Waals surface area contributed by atoms with Gasteiger partial charge in [0.05, 0.1) is 11.8 Å². The second-order valence-corrected chi connectivity index (χ2v) is 9.49. The summed E-state index contributed by atoms with van der Waals surface area (Å²) in [5, 5.41) is 14.6. The van der Waals surface area contributed by atoms with Crippen LogP contribution in [-0.2, 0) is 14.3 Å². The van der Waals surface area contributed by atoms with Crippen molar-refractivity contribution in [2.75, 3.05) is 13.2 Å². The van der Waals surface area contributed by atoms with E-state index in [9.17, 15) is 14.4 Å². The summed E-state index contributed by atoms with van der Waals surface area (Å²) >= 11 is 0. The number of rotatable bonds is 8. The van der Waals surface area contributed by atoms with Crippen molar-refractivity contribution in [1.82, 2.24) is 10.6 Å². The summed E-state index contributed by atoms with van der Waals surface area (Å²) in [5.41, 5.74) is 3.89. The minimum atomic E-state index is -0.956. The number of alkyl carbamates (subject to hydrolysis) is 1. The number of carbonyl (C=O) groups excluding carboxylic acids is 2. The number of carboxylic acid groups (broad SMARTS) is 1. The Kier molecular flexibility index (Phi) is 7.20. The van der Waals surface area contributed by atoms with Crippen LogP contribution in [0.2, 0.25) is 0 Å². The number of amides is 2. The van der Waals surface area contributed by atoms with Gasteiger partial charge in [0.15, 0.2) is 0 Å². The third kappa shape index (κ3) is 5.08. The summed E-state index contributed by atoms with van der Waals surface area (Å²) in [6, 6.07) is 15.9. The Labute approximate surface area is 199 Å². The second kappa shape index (κ2) is 10.3. The Balaban J connectivity index is 1.38. The standard InChI is InChI=1S/C27H32N2O5/c1-18(15-24(30)31)29-25(32)27(13-7-2-8-14-27)17-28-26(33)34-16-23-21-11-5-3-9-19(21)20-10-4-6-12-22(20)23/h3-6,9-12,18,23H,2,7-8,13-17H2,1H3,(H,28,33)(H,29,32)(H,30,31)/t18-/m0/s1. The van der Waals surface area contributed by atoms with Crippen molar-refractivity contribution in [2.45, 2.75) is 57.4 Å². The Morgan fingerprint density at radius 2 is 1.59 bits per heavy atom. The van der Waals surface area contributed by atoms with Gasteiger partial charge in [0, 0.05) is 18.5 Å². The van der Waals surface area contributed by atoms with E-state index in [0.29, 0.717) is 12.8 Å². The minimum absolute atomic E-state index is 0.0260. The van der Waals surface area contributed by atoms with Crippen LogP contribution in [0.15, 0.2) is 48.5 Å². The number of ether oxygens (including phenoxy) is 1. The van der Waals surface area contributed by atoms with Gasteiger partial charge in [-0.15, -0.1) is 0 Å². The van der Waals surface area contributed by atoms with Crippen LogP contribution in [0.3, 0.4) is 0 Å². The van der Waals surface area contributed by atoms with Crippen molar-refractivity contribution in [3.8, 4) is 11.1 Å². The molecular weight excluding hydrogens is 432 g/mol. The summed E-state index contributed by atoms with van der Waals surface area (Å²) in [7, 11) is 0. The van der Waals surface area contributed by atoms with E-state index >= 15 is 0 Å². The maximum Gasteiger partial charge on any atom is 0.407 e. The zero-order valence-corrected chi connectivity index (χ0v) is 19.5. The first-order valence-electron chi connectivity index (χ1n) is 12.0. The van der Waals surface area contributed by atoms with Gasteiger partial charge in [-0.25, -0.2) is 4.79 Å². The van der Waals surface area contributed by atoms with E-state index in [1.807, 2.05) is 24.3 Å². The zero-order chi connectivity index (χ0) is 24.1. The van der Waals surface area contributed by atoms with Gasteiger partial charge >= 0.3 is 12.1 Å². The zero-order valence-electron chi connectivity index (χ0n) is 19.5. The molecular formula is C27H32N2O5. The molecule has 4 rings (SSSR count). The molecule has 0 heterocycles. The molecule has 1 atom stereocenters. The number of carbonyl (C=O) groups is 3. The molecule has 0 saturated heterocycles. The molecule has 2 aliphatic carbocycles. The molecule has 2 aliphatic rings. The van der Waals surface area contributed by atoms with Crippen LogP contribution in [0, 0.1) is 5.41 Å². The van der Waals surface area contributed by atoms with Gasteiger partial charge in [-0.2, -0.15) is 0 Å². The molecule has 0 bridgehead atoms.